The zero-order chi connectivity index (χ0) is 20.8. The van der Waals surface area contributed by atoms with Crippen molar-refractivity contribution in [3.63, 3.8) is 0 Å². The van der Waals surface area contributed by atoms with E-state index in [2.05, 4.69) is 10.6 Å². The van der Waals surface area contributed by atoms with Crippen molar-refractivity contribution in [3.05, 3.63) is 58.1 Å². The molecule has 1 heterocycles. The molecule has 1 aliphatic rings. The molecular formula is C19H21N5O5. The predicted octanol–water partition coefficient (Wildman–Crippen LogP) is 1.70. The first-order valence-corrected chi connectivity index (χ1v) is 8.97. The number of nitro groups is 1. The Morgan fingerprint density at radius 1 is 1.07 bits per heavy atom. The summed E-state index contributed by atoms with van der Waals surface area (Å²) in [6, 6.07) is 10.5. The molecule has 0 radical (unpaired) electrons. The number of anilines is 3. The summed E-state index contributed by atoms with van der Waals surface area (Å²) in [4.78, 5) is 36.8. The number of hydrogen-bond donors (Lipinski definition) is 3. The summed E-state index contributed by atoms with van der Waals surface area (Å²) in [6.07, 6.45) is 0. The summed E-state index contributed by atoms with van der Waals surface area (Å²) >= 11 is 0. The molecule has 0 aromatic heterocycles. The molecule has 2 amide bonds. The quantitative estimate of drug-likeness (QED) is 0.381. The molecule has 0 spiro atoms. The number of carbonyl (C=O) groups excluding carboxylic acids is 2. The van der Waals surface area contributed by atoms with Gasteiger partial charge in [0, 0.05) is 36.1 Å². The zero-order valence-corrected chi connectivity index (χ0v) is 15.6. The second kappa shape index (κ2) is 9.13. The van der Waals surface area contributed by atoms with E-state index in [1.54, 1.807) is 24.3 Å². The normalized spacial score (nSPS) is 14.2. The van der Waals surface area contributed by atoms with Crippen molar-refractivity contribution in [1.82, 2.24) is 4.90 Å². The number of benzene rings is 2. The first-order valence-electron chi connectivity index (χ1n) is 8.97. The highest BCUT2D eigenvalue weighted by molar-refractivity contribution is 6.05. The largest absolute Gasteiger partial charge is 0.393 e. The van der Waals surface area contributed by atoms with E-state index >= 15 is 0 Å². The third-order valence-electron chi connectivity index (χ3n) is 4.39. The third-order valence-corrected chi connectivity index (χ3v) is 4.39. The molecule has 29 heavy (non-hydrogen) atoms. The number of nitrogens with two attached hydrogens (primary N) is 1. The van der Waals surface area contributed by atoms with Crippen LogP contribution in [0.25, 0.3) is 0 Å². The minimum atomic E-state index is -0.638. The minimum Gasteiger partial charge on any atom is -0.393 e. The Bertz CT molecular complexity index is 910. The second-order valence-corrected chi connectivity index (χ2v) is 6.50. The fraction of sp³-hybridized carbons (Fsp3) is 0.263. The first-order chi connectivity index (χ1) is 13.9. The van der Waals surface area contributed by atoms with Crippen LogP contribution in [0.2, 0.25) is 0 Å². The van der Waals surface area contributed by atoms with Crippen LogP contribution in [0.3, 0.4) is 0 Å². The maximum absolute atomic E-state index is 12.3. The number of carbonyl (C=O) groups is 2. The van der Waals surface area contributed by atoms with Gasteiger partial charge in [-0.1, -0.05) is 0 Å². The van der Waals surface area contributed by atoms with Crippen LogP contribution in [0.15, 0.2) is 42.5 Å². The highest BCUT2D eigenvalue weighted by atomic mass is 16.6. The van der Waals surface area contributed by atoms with Crippen molar-refractivity contribution in [3.8, 4) is 0 Å². The van der Waals surface area contributed by atoms with Crippen molar-refractivity contribution in [2.24, 2.45) is 0 Å². The Labute approximate surface area is 166 Å². The molecule has 1 aliphatic heterocycles. The monoisotopic (exact) mass is 399 g/mol. The summed E-state index contributed by atoms with van der Waals surface area (Å²) in [5, 5.41) is 16.4. The SMILES string of the molecule is Nc1ccc(C(=O)Nc2ccc(NC(=O)CN3CCOCC3)cc2)cc1[N+](=O)[O-]. The topological polar surface area (TPSA) is 140 Å². The lowest BCUT2D eigenvalue weighted by Crippen LogP contribution is -2.41. The smallest absolute Gasteiger partial charge is 0.292 e. The zero-order valence-electron chi connectivity index (χ0n) is 15.6. The number of nitro benzene ring substituents is 1. The Morgan fingerprint density at radius 3 is 2.31 bits per heavy atom. The Hall–Kier alpha value is -3.50. The molecule has 152 valence electrons. The van der Waals surface area contributed by atoms with E-state index in [1.165, 1.54) is 12.1 Å². The lowest BCUT2D eigenvalue weighted by molar-refractivity contribution is -0.383. The van der Waals surface area contributed by atoms with Crippen LogP contribution in [0.4, 0.5) is 22.7 Å². The van der Waals surface area contributed by atoms with E-state index in [0.29, 0.717) is 24.6 Å². The average Bonchev–Trinajstić information content (AvgIpc) is 2.70. The van der Waals surface area contributed by atoms with Crippen LogP contribution in [0.1, 0.15) is 10.4 Å². The fourth-order valence-electron chi connectivity index (χ4n) is 2.85. The van der Waals surface area contributed by atoms with E-state index in [4.69, 9.17) is 10.5 Å². The number of hydrogen-bond acceptors (Lipinski definition) is 7. The van der Waals surface area contributed by atoms with Gasteiger partial charge in [0.25, 0.3) is 11.6 Å². The lowest BCUT2D eigenvalue weighted by atomic mass is 10.1. The van der Waals surface area contributed by atoms with E-state index < -0.39 is 10.8 Å². The summed E-state index contributed by atoms with van der Waals surface area (Å²) < 4.78 is 5.25. The molecule has 3 rings (SSSR count). The molecule has 4 N–H and O–H groups in total. The van der Waals surface area contributed by atoms with Gasteiger partial charge in [-0.2, -0.15) is 0 Å². The van der Waals surface area contributed by atoms with Crippen molar-refractivity contribution in [2.75, 3.05) is 49.2 Å². The van der Waals surface area contributed by atoms with Gasteiger partial charge in [0.2, 0.25) is 5.91 Å². The van der Waals surface area contributed by atoms with Gasteiger partial charge in [-0.3, -0.25) is 24.6 Å². The van der Waals surface area contributed by atoms with Gasteiger partial charge >= 0.3 is 0 Å². The Kier molecular flexibility index (Phi) is 6.37. The van der Waals surface area contributed by atoms with E-state index in [9.17, 15) is 19.7 Å². The summed E-state index contributed by atoms with van der Waals surface area (Å²) in [7, 11) is 0. The van der Waals surface area contributed by atoms with Crippen molar-refractivity contribution >= 4 is 34.6 Å². The molecule has 10 heteroatoms. The highest BCUT2D eigenvalue weighted by Crippen LogP contribution is 2.23. The van der Waals surface area contributed by atoms with Gasteiger partial charge in [0.05, 0.1) is 24.7 Å². The van der Waals surface area contributed by atoms with E-state index in [1.807, 2.05) is 4.90 Å². The number of ether oxygens (including phenoxy) is 1. The van der Waals surface area contributed by atoms with Crippen molar-refractivity contribution in [1.29, 1.82) is 0 Å². The molecule has 2 aromatic rings. The highest BCUT2D eigenvalue weighted by Gasteiger charge is 2.16. The molecule has 0 unspecified atom stereocenters. The van der Waals surface area contributed by atoms with Gasteiger partial charge in [0.15, 0.2) is 0 Å². The van der Waals surface area contributed by atoms with E-state index in [0.717, 1.165) is 19.2 Å². The molecule has 0 saturated carbocycles. The van der Waals surface area contributed by atoms with Crippen molar-refractivity contribution in [2.45, 2.75) is 0 Å². The van der Waals surface area contributed by atoms with E-state index in [-0.39, 0.29) is 29.4 Å². The molecule has 0 aliphatic carbocycles. The predicted molar refractivity (Wildman–Crippen MR) is 108 cm³/mol. The van der Waals surface area contributed by atoms with Crippen LogP contribution in [0, 0.1) is 10.1 Å². The number of amides is 2. The van der Waals surface area contributed by atoms with Crippen LogP contribution < -0.4 is 16.4 Å². The number of nitrogens with zero attached hydrogens (tertiary/aromatic N) is 2. The summed E-state index contributed by atoms with van der Waals surface area (Å²) in [5.41, 5.74) is 6.42. The van der Waals surface area contributed by atoms with Crippen molar-refractivity contribution < 1.29 is 19.2 Å². The fourth-order valence-corrected chi connectivity index (χ4v) is 2.85. The second-order valence-electron chi connectivity index (χ2n) is 6.50. The standard InChI is InChI=1S/C19H21N5O5/c20-16-6-1-13(11-17(16)24(27)28)19(26)22-15-4-2-14(3-5-15)21-18(25)12-23-7-9-29-10-8-23/h1-6,11H,7-10,12,20H2,(H,21,25)(H,22,26). The molecule has 10 nitrogen and oxygen atoms in total. The van der Waals surface area contributed by atoms with Crippen LogP contribution in [-0.2, 0) is 9.53 Å². The molecule has 1 saturated heterocycles. The van der Waals surface area contributed by atoms with Crippen LogP contribution >= 0.6 is 0 Å². The summed E-state index contributed by atoms with van der Waals surface area (Å²) in [5.74, 6) is -0.630. The number of nitrogen functional groups attached to an aromatic ring is 1. The Morgan fingerprint density at radius 2 is 1.69 bits per heavy atom. The number of nitrogens with one attached hydrogen (secondary N) is 2. The molecule has 0 bridgehead atoms. The Balaban J connectivity index is 1.57. The minimum absolute atomic E-state index is 0.0104. The average molecular weight is 399 g/mol. The third kappa shape index (κ3) is 5.50. The van der Waals surface area contributed by atoms with Crippen LogP contribution in [0.5, 0.6) is 0 Å². The molecule has 0 atom stereocenters. The maximum atomic E-state index is 12.3. The molecular weight excluding hydrogens is 378 g/mol. The maximum Gasteiger partial charge on any atom is 0.292 e. The number of rotatable bonds is 6. The molecule has 1 fully saturated rings. The summed E-state index contributed by atoms with van der Waals surface area (Å²) in [6.45, 7) is 2.98. The molecule has 2 aromatic carbocycles. The number of morpholine rings is 1. The van der Waals surface area contributed by atoms with Gasteiger partial charge in [-0.25, -0.2) is 0 Å². The van der Waals surface area contributed by atoms with Gasteiger partial charge < -0.3 is 21.1 Å². The first kappa shape index (κ1) is 20.2. The lowest BCUT2D eigenvalue weighted by Gasteiger charge is -2.25. The van der Waals surface area contributed by atoms with Gasteiger partial charge in [-0.05, 0) is 36.4 Å². The van der Waals surface area contributed by atoms with Crippen LogP contribution in [-0.4, -0.2) is 54.5 Å². The van der Waals surface area contributed by atoms with Gasteiger partial charge in [-0.15, -0.1) is 0 Å². The van der Waals surface area contributed by atoms with Gasteiger partial charge in [0.1, 0.15) is 5.69 Å².